The van der Waals surface area contributed by atoms with Gasteiger partial charge in [-0.1, -0.05) is 30.3 Å². The minimum atomic E-state index is -0.0962. The summed E-state index contributed by atoms with van der Waals surface area (Å²) in [7, 11) is 0. The van der Waals surface area contributed by atoms with Crippen LogP contribution in [0.3, 0.4) is 0 Å². The van der Waals surface area contributed by atoms with Gasteiger partial charge in [-0.05, 0) is 57.4 Å². The third-order valence-electron chi connectivity index (χ3n) is 7.02. The van der Waals surface area contributed by atoms with E-state index in [9.17, 15) is 9.59 Å². The van der Waals surface area contributed by atoms with E-state index in [1.54, 1.807) is 5.51 Å². The lowest BCUT2D eigenvalue weighted by Crippen LogP contribution is -2.53. The van der Waals surface area contributed by atoms with Gasteiger partial charge in [0.1, 0.15) is 4.88 Å². The molecule has 0 bridgehead atoms. The van der Waals surface area contributed by atoms with Crippen molar-refractivity contribution in [2.45, 2.75) is 58.0 Å². The van der Waals surface area contributed by atoms with E-state index in [2.05, 4.69) is 50.4 Å². The van der Waals surface area contributed by atoms with E-state index in [0.717, 1.165) is 64.0 Å². The Labute approximate surface area is 195 Å². The number of aryl methyl sites for hydroxylation is 1. The highest BCUT2D eigenvalue weighted by Crippen LogP contribution is 2.23. The van der Waals surface area contributed by atoms with E-state index >= 15 is 0 Å². The van der Waals surface area contributed by atoms with Gasteiger partial charge >= 0.3 is 0 Å². The fraction of sp³-hybridized carbons (Fsp3) is 0.560. The monoisotopic (exact) mass is 454 g/mol. The van der Waals surface area contributed by atoms with Gasteiger partial charge in [-0.3, -0.25) is 14.5 Å². The van der Waals surface area contributed by atoms with Crippen LogP contribution in [-0.4, -0.2) is 64.9 Å². The number of hydrogen-bond acceptors (Lipinski definition) is 5. The molecule has 3 heterocycles. The van der Waals surface area contributed by atoms with Crippen LogP contribution in [0.15, 0.2) is 35.8 Å². The van der Waals surface area contributed by atoms with E-state index in [0.29, 0.717) is 10.8 Å². The number of rotatable bonds is 6. The normalized spacial score (nSPS) is 19.6. The summed E-state index contributed by atoms with van der Waals surface area (Å²) in [6, 6.07) is 10.7. The van der Waals surface area contributed by atoms with Gasteiger partial charge in [-0.25, -0.2) is 4.98 Å². The lowest BCUT2D eigenvalue weighted by atomic mass is 9.90. The molecule has 0 spiro atoms. The molecule has 0 aliphatic carbocycles. The van der Waals surface area contributed by atoms with Gasteiger partial charge in [-0.15, -0.1) is 11.3 Å². The molecule has 1 unspecified atom stereocenters. The van der Waals surface area contributed by atoms with Crippen molar-refractivity contribution >= 4 is 23.2 Å². The summed E-state index contributed by atoms with van der Waals surface area (Å²) in [5, 5.41) is 3.15. The Balaban J connectivity index is 1.20. The quantitative estimate of drug-likeness (QED) is 0.725. The molecule has 2 aromatic rings. The predicted molar refractivity (Wildman–Crippen MR) is 128 cm³/mol. The molecule has 1 N–H and O–H groups in total. The molecule has 2 aliphatic heterocycles. The largest absolute Gasteiger partial charge is 0.348 e. The zero-order valence-electron chi connectivity index (χ0n) is 19.1. The Kier molecular flexibility index (Phi) is 7.58. The number of thiazole rings is 1. The Bertz CT molecular complexity index is 900. The van der Waals surface area contributed by atoms with Crippen molar-refractivity contribution in [2.24, 2.45) is 5.92 Å². The third-order valence-corrected chi connectivity index (χ3v) is 7.94. The van der Waals surface area contributed by atoms with Crippen LogP contribution in [0.1, 0.15) is 53.5 Å². The fourth-order valence-electron chi connectivity index (χ4n) is 4.93. The van der Waals surface area contributed by atoms with Crippen molar-refractivity contribution < 1.29 is 9.59 Å². The second kappa shape index (κ2) is 10.6. The zero-order chi connectivity index (χ0) is 22.5. The first-order chi connectivity index (χ1) is 15.5. The van der Waals surface area contributed by atoms with Gasteiger partial charge in [-0.2, -0.15) is 0 Å². The maximum Gasteiger partial charge on any atom is 0.263 e. The van der Waals surface area contributed by atoms with Crippen molar-refractivity contribution in [1.29, 1.82) is 0 Å². The molecule has 2 amide bonds. The fourth-order valence-corrected chi connectivity index (χ4v) is 5.63. The van der Waals surface area contributed by atoms with E-state index in [1.165, 1.54) is 16.9 Å². The summed E-state index contributed by atoms with van der Waals surface area (Å²) >= 11 is 1.39. The Morgan fingerprint density at radius 1 is 1.09 bits per heavy atom. The average molecular weight is 455 g/mol. The van der Waals surface area contributed by atoms with E-state index in [4.69, 9.17) is 0 Å². The molecule has 1 aromatic heterocycles. The van der Waals surface area contributed by atoms with Crippen LogP contribution >= 0.6 is 11.3 Å². The summed E-state index contributed by atoms with van der Waals surface area (Å²) in [5.41, 5.74) is 3.90. The van der Waals surface area contributed by atoms with Crippen LogP contribution in [0.2, 0.25) is 0 Å². The molecule has 172 valence electrons. The Morgan fingerprint density at radius 3 is 2.41 bits per heavy atom. The summed E-state index contributed by atoms with van der Waals surface area (Å²) in [6.45, 7) is 7.31. The van der Waals surface area contributed by atoms with Gasteiger partial charge < -0.3 is 10.2 Å². The van der Waals surface area contributed by atoms with Gasteiger partial charge in [0.15, 0.2) is 0 Å². The minimum Gasteiger partial charge on any atom is -0.348 e. The predicted octanol–water partition coefficient (Wildman–Crippen LogP) is 3.52. The standard InChI is InChI=1S/C25H34N4O2S/c1-18-23(32-17-26-18)24(30)27-22-10-14-28(15-11-22)19(2)25(31)29-12-8-21(9-13-29)16-20-6-4-3-5-7-20/h3-7,17,19,21-22H,8-16H2,1-2H3,(H,27,30). The average Bonchev–Trinajstić information content (AvgIpc) is 3.26. The smallest absolute Gasteiger partial charge is 0.263 e. The molecule has 7 heteroatoms. The van der Waals surface area contributed by atoms with E-state index in [-0.39, 0.29) is 23.9 Å². The van der Waals surface area contributed by atoms with Crippen molar-refractivity contribution in [3.63, 3.8) is 0 Å². The second-order valence-electron chi connectivity index (χ2n) is 9.18. The summed E-state index contributed by atoms with van der Waals surface area (Å²) in [6.07, 6.45) is 5.02. The van der Waals surface area contributed by atoms with Gasteiger partial charge in [0.2, 0.25) is 5.91 Å². The van der Waals surface area contributed by atoms with Crippen LogP contribution in [-0.2, 0) is 11.2 Å². The molecule has 0 saturated carbocycles. The summed E-state index contributed by atoms with van der Waals surface area (Å²) in [5.74, 6) is 0.898. The molecular weight excluding hydrogens is 420 g/mol. The third kappa shape index (κ3) is 5.56. The number of amides is 2. The molecule has 4 rings (SSSR count). The molecule has 32 heavy (non-hydrogen) atoms. The number of nitrogens with one attached hydrogen (secondary N) is 1. The topological polar surface area (TPSA) is 65.5 Å². The van der Waals surface area contributed by atoms with Gasteiger partial charge in [0.25, 0.3) is 5.91 Å². The van der Waals surface area contributed by atoms with Crippen molar-refractivity contribution in [2.75, 3.05) is 26.2 Å². The van der Waals surface area contributed by atoms with Crippen LogP contribution in [0.25, 0.3) is 0 Å². The van der Waals surface area contributed by atoms with E-state index < -0.39 is 0 Å². The number of nitrogens with zero attached hydrogens (tertiary/aromatic N) is 3. The Hall–Kier alpha value is -2.25. The number of benzene rings is 1. The zero-order valence-corrected chi connectivity index (χ0v) is 19.9. The number of piperidine rings is 2. The maximum atomic E-state index is 13.1. The first-order valence-electron chi connectivity index (χ1n) is 11.8. The molecule has 1 aromatic carbocycles. The molecule has 2 saturated heterocycles. The SMILES string of the molecule is Cc1ncsc1C(=O)NC1CCN(C(C)C(=O)N2CCC(Cc3ccccc3)CC2)CC1. The number of hydrogen-bond donors (Lipinski definition) is 1. The number of aromatic nitrogens is 1. The second-order valence-corrected chi connectivity index (χ2v) is 10.0. The highest BCUT2D eigenvalue weighted by atomic mass is 32.1. The molecule has 1 atom stereocenters. The number of carbonyl (C=O) groups is 2. The highest BCUT2D eigenvalue weighted by molar-refractivity contribution is 7.11. The lowest BCUT2D eigenvalue weighted by Gasteiger charge is -2.39. The van der Waals surface area contributed by atoms with Crippen LogP contribution in [0.5, 0.6) is 0 Å². The van der Waals surface area contributed by atoms with Gasteiger partial charge in [0.05, 0.1) is 17.2 Å². The number of likely N-dealkylation sites (tertiary alicyclic amines) is 2. The Morgan fingerprint density at radius 2 is 1.78 bits per heavy atom. The van der Waals surface area contributed by atoms with Crippen molar-refractivity contribution in [3.8, 4) is 0 Å². The van der Waals surface area contributed by atoms with Crippen LogP contribution in [0, 0.1) is 12.8 Å². The van der Waals surface area contributed by atoms with Crippen molar-refractivity contribution in [1.82, 2.24) is 20.1 Å². The van der Waals surface area contributed by atoms with Gasteiger partial charge in [0, 0.05) is 32.2 Å². The number of carbonyl (C=O) groups excluding carboxylic acids is 2. The molecule has 6 nitrogen and oxygen atoms in total. The molecular formula is C25H34N4O2S. The van der Waals surface area contributed by atoms with Crippen LogP contribution < -0.4 is 5.32 Å². The summed E-state index contributed by atoms with van der Waals surface area (Å²) in [4.78, 5) is 34.8. The summed E-state index contributed by atoms with van der Waals surface area (Å²) < 4.78 is 0. The first-order valence-corrected chi connectivity index (χ1v) is 12.7. The molecule has 2 fully saturated rings. The molecule has 0 radical (unpaired) electrons. The van der Waals surface area contributed by atoms with Crippen molar-refractivity contribution in [3.05, 3.63) is 52.0 Å². The van der Waals surface area contributed by atoms with E-state index in [1.807, 2.05) is 13.8 Å². The minimum absolute atomic E-state index is 0.0223. The lowest BCUT2D eigenvalue weighted by molar-refractivity contribution is -0.138. The highest BCUT2D eigenvalue weighted by Gasteiger charge is 2.32. The molecule has 2 aliphatic rings. The maximum absolute atomic E-state index is 13.1. The van der Waals surface area contributed by atoms with Crippen LogP contribution in [0.4, 0.5) is 0 Å². The first kappa shape index (κ1) is 22.9.